The summed E-state index contributed by atoms with van der Waals surface area (Å²) in [6, 6.07) is 2.96. The van der Waals surface area contributed by atoms with Crippen LogP contribution in [0.15, 0.2) is 16.7 Å². The molecule has 2 aromatic rings. The quantitative estimate of drug-likeness (QED) is 0.385. The van der Waals surface area contributed by atoms with Gasteiger partial charge in [-0.2, -0.15) is 0 Å². The first-order chi connectivity index (χ1) is 13.9. The van der Waals surface area contributed by atoms with Gasteiger partial charge < -0.3 is 14.0 Å². The van der Waals surface area contributed by atoms with Crippen LogP contribution >= 0.6 is 15.9 Å². The lowest BCUT2D eigenvalue weighted by molar-refractivity contribution is 0.0205. The third kappa shape index (κ3) is 5.82. The number of imidazole rings is 1. The lowest BCUT2D eigenvalue weighted by Gasteiger charge is -2.28. The second-order valence-electron chi connectivity index (χ2n) is 10.1. The third-order valence-corrected chi connectivity index (χ3v) is 7.14. The van der Waals surface area contributed by atoms with E-state index in [9.17, 15) is 4.79 Å². The van der Waals surface area contributed by atoms with E-state index in [1.807, 2.05) is 26.8 Å². The number of carbonyl (C=O) groups is 1. The minimum absolute atomic E-state index is 0.145. The molecule has 166 valence electrons. The lowest BCUT2D eigenvalue weighted by atomic mass is 10.2. The van der Waals surface area contributed by atoms with Crippen LogP contribution in [0.4, 0.5) is 4.79 Å². The normalized spacial score (nSPS) is 17.7. The summed E-state index contributed by atoms with van der Waals surface area (Å²) in [6.45, 7) is 14.5. The molecule has 3 heterocycles. The van der Waals surface area contributed by atoms with Gasteiger partial charge in [-0.1, -0.05) is 19.6 Å². The van der Waals surface area contributed by atoms with Gasteiger partial charge in [0.25, 0.3) is 0 Å². The number of amides is 1. The molecule has 0 spiro atoms. The van der Waals surface area contributed by atoms with Crippen molar-refractivity contribution in [1.29, 1.82) is 0 Å². The molecule has 2 aromatic heterocycles. The summed E-state index contributed by atoms with van der Waals surface area (Å²) < 4.78 is 14.7. The van der Waals surface area contributed by atoms with Crippen LogP contribution in [0.3, 0.4) is 0 Å². The molecular weight excluding hydrogens is 464 g/mol. The van der Waals surface area contributed by atoms with Crippen molar-refractivity contribution in [3.63, 3.8) is 0 Å². The van der Waals surface area contributed by atoms with E-state index >= 15 is 0 Å². The van der Waals surface area contributed by atoms with Gasteiger partial charge in [-0.25, -0.2) is 14.8 Å². The zero-order chi connectivity index (χ0) is 22.1. The van der Waals surface area contributed by atoms with Gasteiger partial charge in [0.15, 0.2) is 5.65 Å². The molecule has 0 radical (unpaired) electrons. The van der Waals surface area contributed by atoms with E-state index in [1.165, 1.54) is 0 Å². The number of rotatable bonds is 6. The summed E-state index contributed by atoms with van der Waals surface area (Å²) in [7, 11) is -1.17. The number of aromatic nitrogens is 3. The topological polar surface area (TPSA) is 69.5 Å². The molecule has 1 saturated heterocycles. The Morgan fingerprint density at radius 3 is 2.73 bits per heavy atom. The van der Waals surface area contributed by atoms with Crippen LogP contribution in [-0.2, 0) is 16.2 Å². The van der Waals surface area contributed by atoms with Crippen LogP contribution in [0.25, 0.3) is 11.2 Å². The van der Waals surface area contributed by atoms with Crippen molar-refractivity contribution >= 4 is 41.3 Å². The van der Waals surface area contributed by atoms with Crippen molar-refractivity contribution in [1.82, 2.24) is 19.4 Å². The average molecular weight is 498 g/mol. The molecule has 0 aliphatic carbocycles. The number of pyridine rings is 1. The molecule has 30 heavy (non-hydrogen) atoms. The molecule has 0 aromatic carbocycles. The van der Waals surface area contributed by atoms with Crippen LogP contribution < -0.4 is 0 Å². The summed E-state index contributed by atoms with van der Waals surface area (Å²) in [5.74, 6) is 0.812. The van der Waals surface area contributed by atoms with E-state index in [4.69, 9.17) is 14.5 Å². The smallest absolute Gasteiger partial charge is 0.410 e. The van der Waals surface area contributed by atoms with E-state index in [0.717, 1.165) is 41.3 Å². The minimum atomic E-state index is -1.17. The maximum Gasteiger partial charge on any atom is 0.410 e. The Labute approximate surface area is 188 Å². The number of nitrogens with zero attached hydrogens (tertiary/aromatic N) is 4. The minimum Gasteiger partial charge on any atom is -0.444 e. The van der Waals surface area contributed by atoms with E-state index in [-0.39, 0.29) is 12.1 Å². The van der Waals surface area contributed by atoms with Crippen molar-refractivity contribution in [2.75, 3.05) is 13.2 Å². The molecule has 1 aliphatic rings. The van der Waals surface area contributed by atoms with Crippen LogP contribution in [0.5, 0.6) is 0 Å². The van der Waals surface area contributed by atoms with Gasteiger partial charge in [-0.15, -0.1) is 0 Å². The van der Waals surface area contributed by atoms with Gasteiger partial charge in [0, 0.05) is 31.9 Å². The Kier molecular flexibility index (Phi) is 6.93. The molecule has 3 rings (SSSR count). The van der Waals surface area contributed by atoms with Crippen molar-refractivity contribution in [3.8, 4) is 0 Å². The summed E-state index contributed by atoms with van der Waals surface area (Å²) in [4.78, 5) is 23.9. The maximum atomic E-state index is 12.8. The van der Waals surface area contributed by atoms with Crippen LogP contribution in [0.1, 0.15) is 45.5 Å². The predicted molar refractivity (Wildman–Crippen MR) is 124 cm³/mol. The number of likely N-dealkylation sites (tertiary alicyclic amines) is 1. The highest BCUT2D eigenvalue weighted by Gasteiger charge is 2.36. The molecular formula is C21H33BrN4O3Si. The molecule has 1 aliphatic heterocycles. The highest BCUT2D eigenvalue weighted by atomic mass is 79.9. The fraction of sp³-hybridized carbons (Fsp3) is 0.667. The van der Waals surface area contributed by atoms with Gasteiger partial charge in [-0.05, 0) is 61.7 Å². The highest BCUT2D eigenvalue weighted by molar-refractivity contribution is 9.10. The molecule has 0 bridgehead atoms. The van der Waals surface area contributed by atoms with Gasteiger partial charge >= 0.3 is 6.09 Å². The van der Waals surface area contributed by atoms with Crippen LogP contribution in [0.2, 0.25) is 25.7 Å². The monoisotopic (exact) mass is 496 g/mol. The SMILES string of the molecule is CC(C)(C)OC(=O)N1CCC[C@H]1c1nc2ncc(Br)cc2n1COCC[Si](C)(C)C. The summed E-state index contributed by atoms with van der Waals surface area (Å²) in [5.41, 5.74) is 1.04. The van der Waals surface area contributed by atoms with Gasteiger partial charge in [0.1, 0.15) is 18.2 Å². The standard InChI is InChI=1S/C21H33BrN4O3Si/c1-21(2,3)29-20(27)25-9-7-8-16(25)19-24-18-17(12-15(22)13-23-18)26(19)14-28-10-11-30(4,5)6/h12-13,16H,7-11,14H2,1-6H3/t16-/m0/s1. The zero-order valence-electron chi connectivity index (χ0n) is 18.9. The Bertz CT molecular complexity index is 904. The van der Waals surface area contributed by atoms with E-state index in [0.29, 0.717) is 18.9 Å². The fourth-order valence-electron chi connectivity index (χ4n) is 3.50. The molecule has 7 nitrogen and oxygen atoms in total. The number of ether oxygens (including phenoxy) is 2. The number of hydrogen-bond acceptors (Lipinski definition) is 5. The fourth-order valence-corrected chi connectivity index (χ4v) is 4.57. The van der Waals surface area contributed by atoms with E-state index < -0.39 is 13.7 Å². The Hall–Kier alpha value is -1.45. The Morgan fingerprint density at radius 1 is 1.33 bits per heavy atom. The summed E-state index contributed by atoms with van der Waals surface area (Å²) in [5, 5.41) is 0. The Morgan fingerprint density at radius 2 is 2.07 bits per heavy atom. The molecule has 1 amide bonds. The first-order valence-electron chi connectivity index (χ1n) is 10.5. The molecule has 0 unspecified atom stereocenters. The van der Waals surface area contributed by atoms with Crippen molar-refractivity contribution in [2.45, 2.75) is 77.7 Å². The van der Waals surface area contributed by atoms with E-state index in [1.54, 1.807) is 11.1 Å². The third-order valence-electron chi connectivity index (χ3n) is 5.00. The van der Waals surface area contributed by atoms with Gasteiger partial charge in [0.2, 0.25) is 0 Å². The molecule has 0 N–H and O–H groups in total. The largest absolute Gasteiger partial charge is 0.444 e. The van der Waals surface area contributed by atoms with Crippen LogP contribution in [0, 0.1) is 0 Å². The first kappa shape index (κ1) is 23.2. The van der Waals surface area contributed by atoms with Crippen molar-refractivity contribution in [2.24, 2.45) is 0 Å². The van der Waals surface area contributed by atoms with Crippen molar-refractivity contribution < 1.29 is 14.3 Å². The van der Waals surface area contributed by atoms with Gasteiger partial charge in [-0.3, -0.25) is 4.90 Å². The maximum absolute atomic E-state index is 12.8. The zero-order valence-corrected chi connectivity index (χ0v) is 21.5. The highest BCUT2D eigenvalue weighted by Crippen LogP contribution is 2.34. The number of halogens is 1. The lowest BCUT2D eigenvalue weighted by Crippen LogP contribution is -2.37. The summed E-state index contributed by atoms with van der Waals surface area (Å²) >= 11 is 3.51. The molecule has 1 atom stereocenters. The second kappa shape index (κ2) is 8.96. The molecule has 0 saturated carbocycles. The molecule has 1 fully saturated rings. The first-order valence-corrected chi connectivity index (χ1v) is 15.0. The van der Waals surface area contributed by atoms with Crippen molar-refractivity contribution in [3.05, 3.63) is 22.6 Å². The summed E-state index contributed by atoms with van der Waals surface area (Å²) in [6.07, 6.45) is 3.22. The van der Waals surface area contributed by atoms with Crippen LogP contribution in [-0.4, -0.2) is 52.4 Å². The average Bonchev–Trinajstić information content (AvgIpc) is 3.20. The van der Waals surface area contributed by atoms with Gasteiger partial charge in [0.05, 0.1) is 11.6 Å². The second-order valence-corrected chi connectivity index (χ2v) is 16.6. The van der Waals surface area contributed by atoms with E-state index in [2.05, 4.69) is 45.1 Å². The number of carbonyl (C=O) groups excluding carboxylic acids is 1. The molecule has 9 heteroatoms. The Balaban J connectivity index is 1.89. The predicted octanol–water partition coefficient (Wildman–Crippen LogP) is 5.58. The number of fused-ring (bicyclic) bond motifs is 1. The number of hydrogen-bond donors (Lipinski definition) is 0.